The second-order valence-corrected chi connectivity index (χ2v) is 8.63. The summed E-state index contributed by atoms with van der Waals surface area (Å²) in [6.45, 7) is 7.51. The van der Waals surface area contributed by atoms with E-state index in [1.54, 1.807) is 0 Å². The van der Waals surface area contributed by atoms with E-state index in [1.807, 2.05) is 50.2 Å². The fourth-order valence-corrected chi connectivity index (χ4v) is 4.66. The van der Waals surface area contributed by atoms with Crippen LogP contribution < -0.4 is 10.4 Å². The summed E-state index contributed by atoms with van der Waals surface area (Å²) in [6, 6.07) is 22.9. The third-order valence-corrected chi connectivity index (χ3v) is 6.64. The number of aryl methyl sites for hydroxylation is 2. The van der Waals surface area contributed by atoms with E-state index in [4.69, 9.17) is 9.15 Å². The standard InChI is InChI=1S/C28H27NO3/c1-18-24-15-23-16-29(20(3)22-12-8-5-9-13-22)17-31-26(23)19(2)27(24)32-28(30)25(18)14-21-10-6-4-7-11-21/h4-13,15,20H,14,16-17H2,1-3H3/t20-/m1/s1. The highest BCUT2D eigenvalue weighted by molar-refractivity contribution is 5.87. The Bertz CT molecular complexity index is 1330. The second kappa shape index (κ2) is 8.29. The summed E-state index contributed by atoms with van der Waals surface area (Å²) in [7, 11) is 0. The van der Waals surface area contributed by atoms with Crippen LogP contribution in [0.5, 0.6) is 5.75 Å². The molecule has 1 aliphatic rings. The Balaban J connectivity index is 1.55. The van der Waals surface area contributed by atoms with Crippen LogP contribution in [0.25, 0.3) is 11.0 Å². The zero-order valence-corrected chi connectivity index (χ0v) is 18.7. The topological polar surface area (TPSA) is 42.7 Å². The number of fused-ring (bicyclic) bond motifs is 2. The van der Waals surface area contributed by atoms with Crippen LogP contribution in [0, 0.1) is 13.8 Å². The van der Waals surface area contributed by atoms with Crippen molar-refractivity contribution < 1.29 is 9.15 Å². The Labute approximate surface area is 188 Å². The van der Waals surface area contributed by atoms with E-state index in [2.05, 4.69) is 42.2 Å². The van der Waals surface area contributed by atoms with Gasteiger partial charge in [0.05, 0.1) is 0 Å². The summed E-state index contributed by atoms with van der Waals surface area (Å²) >= 11 is 0. The van der Waals surface area contributed by atoms with Gasteiger partial charge < -0.3 is 9.15 Å². The van der Waals surface area contributed by atoms with Gasteiger partial charge in [0, 0.05) is 41.1 Å². The van der Waals surface area contributed by atoms with E-state index in [9.17, 15) is 4.79 Å². The van der Waals surface area contributed by atoms with Crippen molar-refractivity contribution in [3.8, 4) is 5.75 Å². The Morgan fingerprint density at radius 2 is 1.66 bits per heavy atom. The van der Waals surface area contributed by atoms with Crippen molar-refractivity contribution in [1.82, 2.24) is 4.90 Å². The largest absolute Gasteiger partial charge is 0.477 e. The van der Waals surface area contributed by atoms with Crippen molar-refractivity contribution in [2.45, 2.75) is 39.8 Å². The average molecular weight is 426 g/mol. The van der Waals surface area contributed by atoms with E-state index in [0.29, 0.717) is 24.3 Å². The number of benzene rings is 3. The molecule has 4 heteroatoms. The summed E-state index contributed by atoms with van der Waals surface area (Å²) < 4.78 is 12.0. The first-order chi connectivity index (χ1) is 15.5. The molecule has 0 bridgehead atoms. The van der Waals surface area contributed by atoms with Gasteiger partial charge in [-0.25, -0.2) is 4.79 Å². The maximum absolute atomic E-state index is 12.9. The number of nitrogens with zero attached hydrogens (tertiary/aromatic N) is 1. The van der Waals surface area contributed by atoms with E-state index in [1.165, 1.54) is 5.56 Å². The maximum Gasteiger partial charge on any atom is 0.340 e. The monoisotopic (exact) mass is 425 g/mol. The zero-order chi connectivity index (χ0) is 22.2. The minimum absolute atomic E-state index is 0.240. The van der Waals surface area contributed by atoms with Crippen LogP contribution in [0.15, 0.2) is 75.9 Å². The molecule has 0 fully saturated rings. The molecular formula is C28H27NO3. The molecule has 0 aliphatic carbocycles. The predicted molar refractivity (Wildman–Crippen MR) is 127 cm³/mol. The minimum atomic E-state index is -0.267. The van der Waals surface area contributed by atoms with Gasteiger partial charge >= 0.3 is 5.63 Å². The highest BCUT2D eigenvalue weighted by atomic mass is 16.5. The molecule has 4 nitrogen and oxygen atoms in total. The molecule has 1 atom stereocenters. The van der Waals surface area contributed by atoms with E-state index < -0.39 is 0 Å². The Morgan fingerprint density at radius 1 is 0.969 bits per heavy atom. The van der Waals surface area contributed by atoms with Crippen molar-refractivity contribution >= 4 is 11.0 Å². The lowest BCUT2D eigenvalue weighted by atomic mass is 9.95. The molecule has 2 heterocycles. The molecule has 0 saturated carbocycles. The molecule has 0 radical (unpaired) electrons. The zero-order valence-electron chi connectivity index (χ0n) is 18.7. The Hall–Kier alpha value is -3.37. The van der Waals surface area contributed by atoms with Crippen LogP contribution in [0.4, 0.5) is 0 Å². The van der Waals surface area contributed by atoms with Crippen molar-refractivity contribution in [2.24, 2.45) is 0 Å². The molecule has 32 heavy (non-hydrogen) atoms. The third kappa shape index (κ3) is 3.61. The van der Waals surface area contributed by atoms with Gasteiger partial charge in [-0.15, -0.1) is 0 Å². The van der Waals surface area contributed by atoms with Gasteiger partial charge in [-0.05, 0) is 43.5 Å². The predicted octanol–water partition coefficient (Wildman–Crippen LogP) is 5.91. The van der Waals surface area contributed by atoms with E-state index in [0.717, 1.165) is 39.9 Å². The quantitative estimate of drug-likeness (QED) is 0.381. The summed E-state index contributed by atoms with van der Waals surface area (Å²) in [5.41, 5.74) is 6.47. The van der Waals surface area contributed by atoms with Crippen LogP contribution in [0.1, 0.15) is 46.3 Å². The maximum atomic E-state index is 12.9. The van der Waals surface area contributed by atoms with Gasteiger partial charge in [0.1, 0.15) is 18.1 Å². The van der Waals surface area contributed by atoms with Gasteiger partial charge in [0.2, 0.25) is 0 Å². The van der Waals surface area contributed by atoms with Crippen molar-refractivity contribution in [3.05, 3.63) is 111 Å². The van der Waals surface area contributed by atoms with Gasteiger partial charge in [-0.1, -0.05) is 60.7 Å². The van der Waals surface area contributed by atoms with E-state index >= 15 is 0 Å². The summed E-state index contributed by atoms with van der Waals surface area (Å²) in [5.74, 6) is 0.840. The summed E-state index contributed by atoms with van der Waals surface area (Å²) in [5, 5.41) is 0.990. The number of rotatable bonds is 4. The van der Waals surface area contributed by atoms with Gasteiger partial charge in [0.15, 0.2) is 0 Å². The van der Waals surface area contributed by atoms with Gasteiger partial charge in [-0.3, -0.25) is 4.90 Å². The minimum Gasteiger partial charge on any atom is -0.477 e. The highest BCUT2D eigenvalue weighted by Gasteiger charge is 2.26. The van der Waals surface area contributed by atoms with Crippen LogP contribution >= 0.6 is 0 Å². The summed E-state index contributed by atoms with van der Waals surface area (Å²) in [4.78, 5) is 15.2. The molecule has 0 saturated heterocycles. The Morgan fingerprint density at radius 3 is 2.38 bits per heavy atom. The molecule has 0 spiro atoms. The van der Waals surface area contributed by atoms with Gasteiger partial charge in [0.25, 0.3) is 0 Å². The molecule has 1 aliphatic heterocycles. The number of hydrogen-bond donors (Lipinski definition) is 0. The molecule has 3 aromatic carbocycles. The summed E-state index contributed by atoms with van der Waals surface area (Å²) in [6.07, 6.45) is 0.564. The first kappa shape index (κ1) is 20.5. The smallest absolute Gasteiger partial charge is 0.340 e. The lowest BCUT2D eigenvalue weighted by molar-refractivity contribution is 0.0613. The fraction of sp³-hybridized carbons (Fsp3) is 0.250. The molecule has 5 rings (SSSR count). The van der Waals surface area contributed by atoms with Gasteiger partial charge in [-0.2, -0.15) is 0 Å². The lowest BCUT2D eigenvalue weighted by Gasteiger charge is -2.34. The van der Waals surface area contributed by atoms with Crippen molar-refractivity contribution in [3.63, 3.8) is 0 Å². The number of ether oxygens (including phenoxy) is 1. The highest BCUT2D eigenvalue weighted by Crippen LogP contribution is 2.38. The molecule has 0 N–H and O–H groups in total. The molecule has 0 unspecified atom stereocenters. The van der Waals surface area contributed by atoms with Crippen molar-refractivity contribution in [2.75, 3.05) is 6.73 Å². The van der Waals surface area contributed by atoms with Crippen LogP contribution in [-0.4, -0.2) is 11.6 Å². The molecular weight excluding hydrogens is 398 g/mol. The second-order valence-electron chi connectivity index (χ2n) is 8.63. The molecule has 4 aromatic rings. The van der Waals surface area contributed by atoms with Crippen LogP contribution in [-0.2, 0) is 13.0 Å². The first-order valence-electron chi connectivity index (χ1n) is 11.1. The molecule has 1 aromatic heterocycles. The van der Waals surface area contributed by atoms with Crippen molar-refractivity contribution in [1.29, 1.82) is 0 Å². The fourth-order valence-electron chi connectivity index (χ4n) is 4.66. The normalized spacial score (nSPS) is 14.7. The third-order valence-electron chi connectivity index (χ3n) is 6.64. The SMILES string of the molecule is Cc1c(Cc2ccccc2)c(=O)oc2c(C)c3c(cc12)CN([C@H](C)c1ccccc1)CO3. The van der Waals surface area contributed by atoms with Crippen LogP contribution in [0.2, 0.25) is 0 Å². The lowest BCUT2D eigenvalue weighted by Crippen LogP contribution is -2.34. The first-order valence-corrected chi connectivity index (χ1v) is 11.1. The van der Waals surface area contributed by atoms with Crippen LogP contribution in [0.3, 0.4) is 0 Å². The van der Waals surface area contributed by atoms with E-state index in [-0.39, 0.29) is 11.7 Å². The Kier molecular flexibility index (Phi) is 5.32. The number of hydrogen-bond acceptors (Lipinski definition) is 4. The molecule has 162 valence electrons. The molecule has 0 amide bonds. The average Bonchev–Trinajstić information content (AvgIpc) is 2.83.